The Morgan fingerprint density at radius 3 is 2.88 bits per heavy atom. The van der Waals surface area contributed by atoms with Crippen LogP contribution < -0.4 is 14.8 Å². The van der Waals surface area contributed by atoms with Gasteiger partial charge in [-0.05, 0) is 37.3 Å². The molecule has 128 valence electrons. The Morgan fingerprint density at radius 1 is 1.20 bits per heavy atom. The zero-order chi connectivity index (χ0) is 17.2. The first kappa shape index (κ1) is 15.4. The minimum Gasteiger partial charge on any atom is -0.486 e. The first-order valence-corrected chi connectivity index (χ1v) is 8.19. The minimum absolute atomic E-state index is 0.106. The largest absolute Gasteiger partial charge is 0.486 e. The van der Waals surface area contributed by atoms with E-state index in [-0.39, 0.29) is 11.9 Å². The Hall–Kier alpha value is -3.09. The summed E-state index contributed by atoms with van der Waals surface area (Å²) in [7, 11) is 0. The predicted molar refractivity (Wildman–Crippen MR) is 91.9 cm³/mol. The fourth-order valence-electron chi connectivity index (χ4n) is 2.85. The lowest BCUT2D eigenvalue weighted by atomic mass is 10.1. The Kier molecular flexibility index (Phi) is 3.97. The highest BCUT2D eigenvalue weighted by Gasteiger charge is 2.17. The molecule has 4 rings (SSSR count). The maximum absolute atomic E-state index is 12.5. The molecule has 0 spiro atoms. The molecule has 2 aromatic carbocycles. The topological polar surface area (TPSA) is 78.3 Å². The van der Waals surface area contributed by atoms with Gasteiger partial charge in [0.05, 0.1) is 12.1 Å². The van der Waals surface area contributed by atoms with Crippen LogP contribution in [0.3, 0.4) is 0 Å². The van der Waals surface area contributed by atoms with Crippen molar-refractivity contribution in [3.63, 3.8) is 0 Å². The van der Waals surface area contributed by atoms with Crippen LogP contribution in [0.2, 0.25) is 0 Å². The molecule has 0 saturated heterocycles. The van der Waals surface area contributed by atoms with E-state index in [0.717, 1.165) is 11.0 Å². The number of carbonyl (C=O) groups is 1. The van der Waals surface area contributed by atoms with E-state index in [0.29, 0.717) is 36.8 Å². The zero-order valence-electron chi connectivity index (χ0n) is 13.8. The summed E-state index contributed by atoms with van der Waals surface area (Å²) in [4.78, 5) is 12.5. The summed E-state index contributed by atoms with van der Waals surface area (Å²) in [6, 6.07) is 12.9. The van der Waals surface area contributed by atoms with Crippen LogP contribution in [-0.4, -0.2) is 40.2 Å². The summed E-state index contributed by atoms with van der Waals surface area (Å²) >= 11 is 0. The fraction of sp³-hybridized carbons (Fsp3) is 0.278. The van der Waals surface area contributed by atoms with Crippen LogP contribution in [0.25, 0.3) is 11.0 Å². The van der Waals surface area contributed by atoms with E-state index in [9.17, 15) is 4.79 Å². The summed E-state index contributed by atoms with van der Waals surface area (Å²) in [5.41, 5.74) is 2.33. The summed E-state index contributed by atoms with van der Waals surface area (Å²) in [5.74, 6) is 1.12. The number of rotatable bonds is 4. The highest BCUT2D eigenvalue weighted by molar-refractivity contribution is 5.95. The Labute approximate surface area is 144 Å². The summed E-state index contributed by atoms with van der Waals surface area (Å²) in [6.07, 6.45) is 0. The maximum Gasteiger partial charge on any atom is 0.251 e. The van der Waals surface area contributed by atoms with E-state index >= 15 is 0 Å². The van der Waals surface area contributed by atoms with Gasteiger partial charge in [-0.1, -0.05) is 17.3 Å². The number of carbonyl (C=O) groups excluding carboxylic acids is 1. The van der Waals surface area contributed by atoms with Gasteiger partial charge in [-0.2, -0.15) is 0 Å². The third-order valence-electron chi connectivity index (χ3n) is 4.05. The van der Waals surface area contributed by atoms with E-state index in [1.165, 1.54) is 0 Å². The molecule has 1 atom stereocenters. The molecule has 0 bridgehead atoms. The molecular weight excluding hydrogens is 320 g/mol. The lowest BCUT2D eigenvalue weighted by molar-refractivity contribution is 0.0935. The van der Waals surface area contributed by atoms with Gasteiger partial charge in [0.15, 0.2) is 11.5 Å². The van der Waals surface area contributed by atoms with Crippen LogP contribution in [0.5, 0.6) is 11.5 Å². The molecule has 1 amide bonds. The molecule has 3 aromatic rings. The van der Waals surface area contributed by atoms with Gasteiger partial charge in [0.1, 0.15) is 18.7 Å². The Morgan fingerprint density at radius 2 is 2.00 bits per heavy atom. The van der Waals surface area contributed by atoms with E-state index in [1.807, 2.05) is 31.2 Å². The van der Waals surface area contributed by atoms with Gasteiger partial charge in [0.2, 0.25) is 0 Å². The second-order valence-electron chi connectivity index (χ2n) is 5.99. The predicted octanol–water partition coefficient (Wildman–Crippen LogP) is 2.02. The van der Waals surface area contributed by atoms with Gasteiger partial charge in [-0.15, -0.1) is 5.10 Å². The van der Waals surface area contributed by atoms with Crippen molar-refractivity contribution in [2.45, 2.75) is 19.5 Å². The lowest BCUT2D eigenvalue weighted by Crippen LogP contribution is -2.36. The second-order valence-corrected chi connectivity index (χ2v) is 5.99. The van der Waals surface area contributed by atoms with Gasteiger partial charge >= 0.3 is 0 Å². The molecule has 2 heterocycles. The zero-order valence-corrected chi connectivity index (χ0v) is 13.8. The maximum atomic E-state index is 12.5. The van der Waals surface area contributed by atoms with E-state index in [1.54, 1.807) is 22.9 Å². The number of hydrogen-bond donors (Lipinski definition) is 1. The van der Waals surface area contributed by atoms with Crippen molar-refractivity contribution >= 4 is 16.9 Å². The summed E-state index contributed by atoms with van der Waals surface area (Å²) in [6.45, 7) is 3.50. The average Bonchev–Trinajstić information content (AvgIpc) is 3.04. The molecule has 0 aliphatic carbocycles. The van der Waals surface area contributed by atoms with Crippen molar-refractivity contribution in [2.24, 2.45) is 0 Å². The third-order valence-corrected chi connectivity index (χ3v) is 4.05. The van der Waals surface area contributed by atoms with Crippen molar-refractivity contribution in [1.82, 2.24) is 20.3 Å². The van der Waals surface area contributed by atoms with Crippen molar-refractivity contribution in [3.8, 4) is 11.5 Å². The smallest absolute Gasteiger partial charge is 0.251 e. The van der Waals surface area contributed by atoms with Gasteiger partial charge in [0.25, 0.3) is 5.91 Å². The summed E-state index contributed by atoms with van der Waals surface area (Å²) in [5, 5.41) is 11.3. The molecule has 25 heavy (non-hydrogen) atoms. The molecule has 0 radical (unpaired) electrons. The molecule has 1 aliphatic heterocycles. The first-order chi connectivity index (χ1) is 12.2. The fourth-order valence-corrected chi connectivity index (χ4v) is 2.85. The Balaban J connectivity index is 1.45. The molecule has 0 saturated carbocycles. The number of amides is 1. The van der Waals surface area contributed by atoms with Crippen LogP contribution in [-0.2, 0) is 6.54 Å². The van der Waals surface area contributed by atoms with Gasteiger partial charge < -0.3 is 14.8 Å². The minimum atomic E-state index is -0.158. The molecule has 1 N–H and O–H groups in total. The average molecular weight is 338 g/mol. The number of nitrogens with zero attached hydrogens (tertiary/aromatic N) is 3. The highest BCUT2D eigenvalue weighted by Crippen LogP contribution is 2.30. The normalized spacial score (nSPS) is 14.3. The third kappa shape index (κ3) is 3.13. The van der Waals surface area contributed by atoms with Crippen LogP contribution in [0, 0.1) is 0 Å². The van der Waals surface area contributed by atoms with Gasteiger partial charge in [-0.3, -0.25) is 4.79 Å². The lowest BCUT2D eigenvalue weighted by Gasteiger charge is -2.19. The SMILES string of the molecule is C[C@@H](Cn1nnc2ccccc21)NC(=O)c1ccc2c(c1)OCCO2. The number of aromatic nitrogens is 3. The second kappa shape index (κ2) is 6.43. The van der Waals surface area contributed by atoms with Crippen LogP contribution in [0.4, 0.5) is 0 Å². The van der Waals surface area contributed by atoms with Crippen molar-refractivity contribution in [1.29, 1.82) is 0 Å². The van der Waals surface area contributed by atoms with Gasteiger partial charge in [-0.25, -0.2) is 4.68 Å². The molecule has 1 aromatic heterocycles. The van der Waals surface area contributed by atoms with Crippen LogP contribution in [0.1, 0.15) is 17.3 Å². The van der Waals surface area contributed by atoms with Crippen LogP contribution in [0.15, 0.2) is 42.5 Å². The number of hydrogen-bond acceptors (Lipinski definition) is 5. The van der Waals surface area contributed by atoms with Gasteiger partial charge in [0, 0.05) is 11.6 Å². The number of benzene rings is 2. The Bertz CT molecular complexity index is 922. The standard InChI is InChI=1S/C18H18N4O3/c1-12(11-22-15-5-3-2-4-14(15)20-21-22)19-18(23)13-6-7-16-17(10-13)25-9-8-24-16/h2-7,10,12H,8-9,11H2,1H3,(H,19,23)/t12-/m0/s1. The summed E-state index contributed by atoms with van der Waals surface area (Å²) < 4.78 is 12.8. The quantitative estimate of drug-likeness (QED) is 0.787. The monoisotopic (exact) mass is 338 g/mol. The number of ether oxygens (including phenoxy) is 2. The number of para-hydroxylation sites is 1. The van der Waals surface area contributed by atoms with Crippen LogP contribution >= 0.6 is 0 Å². The highest BCUT2D eigenvalue weighted by atomic mass is 16.6. The molecule has 7 heteroatoms. The van der Waals surface area contributed by atoms with Crippen molar-refractivity contribution in [3.05, 3.63) is 48.0 Å². The molecule has 0 fully saturated rings. The molecule has 7 nitrogen and oxygen atoms in total. The van der Waals surface area contributed by atoms with Crippen molar-refractivity contribution < 1.29 is 14.3 Å². The van der Waals surface area contributed by atoms with E-state index in [2.05, 4.69) is 15.6 Å². The van der Waals surface area contributed by atoms with Crippen molar-refractivity contribution in [2.75, 3.05) is 13.2 Å². The molecule has 0 unspecified atom stereocenters. The van der Waals surface area contributed by atoms with E-state index in [4.69, 9.17) is 9.47 Å². The first-order valence-electron chi connectivity index (χ1n) is 8.19. The van der Waals surface area contributed by atoms with E-state index < -0.39 is 0 Å². The molecule has 1 aliphatic rings. The molecular formula is C18H18N4O3. The number of nitrogens with one attached hydrogen (secondary N) is 1. The number of fused-ring (bicyclic) bond motifs is 2.